The third kappa shape index (κ3) is 4.68. The van der Waals surface area contributed by atoms with Gasteiger partial charge in [-0.1, -0.05) is 30.9 Å². The topological polar surface area (TPSA) is 58.6 Å². The van der Waals surface area contributed by atoms with Gasteiger partial charge >= 0.3 is 0 Å². The number of anilines is 1. The minimum absolute atomic E-state index is 0.0105. The minimum Gasteiger partial charge on any atom is -0.494 e. The van der Waals surface area contributed by atoms with E-state index in [1.165, 1.54) is 16.7 Å². The van der Waals surface area contributed by atoms with Gasteiger partial charge in [-0.25, -0.2) is 0 Å². The number of hydrogen-bond donors (Lipinski definition) is 1. The molecule has 0 bridgehead atoms. The highest BCUT2D eigenvalue weighted by Crippen LogP contribution is 2.29. The van der Waals surface area contributed by atoms with Crippen LogP contribution in [0.25, 0.3) is 0 Å². The first-order valence-electron chi connectivity index (χ1n) is 7.59. The second kappa shape index (κ2) is 8.31. The highest BCUT2D eigenvalue weighted by Gasteiger charge is 2.35. The monoisotopic (exact) mass is 352 g/mol. The molecular weight excluding hydrogens is 332 g/mol. The molecule has 124 valence electrons. The van der Waals surface area contributed by atoms with Crippen molar-refractivity contribution in [1.29, 1.82) is 0 Å². The Hall–Kier alpha value is -1.60. The molecule has 1 atom stereocenters. The number of carbonyl (C=O) groups excluding carboxylic acids is 2. The zero-order valence-corrected chi connectivity index (χ0v) is 14.8. The highest BCUT2D eigenvalue weighted by atomic mass is 32.2. The molecular formula is C16H20N2O3S2. The summed E-state index contributed by atoms with van der Waals surface area (Å²) < 4.78 is 5.92. The van der Waals surface area contributed by atoms with Crippen LogP contribution in [0.1, 0.15) is 26.7 Å². The second-order valence-corrected chi connectivity index (χ2v) is 6.86. The third-order valence-corrected chi connectivity index (χ3v) is 5.14. The van der Waals surface area contributed by atoms with Gasteiger partial charge in [-0.15, -0.1) is 0 Å². The van der Waals surface area contributed by atoms with Crippen molar-refractivity contribution in [1.82, 2.24) is 4.90 Å². The predicted molar refractivity (Wildman–Crippen MR) is 96.8 cm³/mol. The van der Waals surface area contributed by atoms with Crippen molar-refractivity contribution < 1.29 is 14.3 Å². The summed E-state index contributed by atoms with van der Waals surface area (Å²) in [4.78, 5) is 25.6. The Labute approximate surface area is 145 Å². The second-order valence-electron chi connectivity index (χ2n) is 5.03. The molecule has 1 aliphatic rings. The van der Waals surface area contributed by atoms with E-state index in [1.54, 1.807) is 24.3 Å². The van der Waals surface area contributed by atoms with Crippen molar-refractivity contribution >= 4 is 45.8 Å². The third-order valence-electron chi connectivity index (χ3n) is 3.39. The first kappa shape index (κ1) is 17.7. The van der Waals surface area contributed by atoms with Gasteiger partial charge in [0.25, 0.3) is 0 Å². The number of ether oxygens (including phenoxy) is 1. The number of carbonyl (C=O) groups is 2. The molecule has 0 radical (unpaired) electrons. The van der Waals surface area contributed by atoms with Crippen molar-refractivity contribution in [2.24, 2.45) is 0 Å². The molecule has 1 N–H and O–H groups in total. The van der Waals surface area contributed by atoms with Crippen molar-refractivity contribution in [2.45, 2.75) is 31.9 Å². The maximum absolute atomic E-state index is 12.1. The van der Waals surface area contributed by atoms with Gasteiger partial charge in [-0.2, -0.15) is 0 Å². The van der Waals surface area contributed by atoms with Crippen LogP contribution in [0, 0.1) is 0 Å². The molecule has 1 aromatic rings. The number of rotatable bonds is 7. The molecule has 1 heterocycles. The van der Waals surface area contributed by atoms with Crippen LogP contribution < -0.4 is 10.1 Å². The fourth-order valence-corrected chi connectivity index (χ4v) is 3.67. The molecule has 0 spiro atoms. The summed E-state index contributed by atoms with van der Waals surface area (Å²) in [6.07, 6.45) is 0.967. The van der Waals surface area contributed by atoms with E-state index in [9.17, 15) is 9.59 Å². The van der Waals surface area contributed by atoms with Gasteiger partial charge in [-0.05, 0) is 37.6 Å². The van der Waals surface area contributed by atoms with Gasteiger partial charge in [0.1, 0.15) is 10.1 Å². The number of benzene rings is 1. The molecule has 5 nitrogen and oxygen atoms in total. The lowest BCUT2D eigenvalue weighted by molar-refractivity contribution is -0.126. The lowest BCUT2D eigenvalue weighted by atomic mass is 10.2. The summed E-state index contributed by atoms with van der Waals surface area (Å²) in [5, 5.41) is 2.71. The average Bonchev–Trinajstić information content (AvgIpc) is 2.81. The molecule has 0 saturated carbocycles. The van der Waals surface area contributed by atoms with E-state index in [0.717, 1.165) is 12.2 Å². The Kier molecular flexibility index (Phi) is 6.41. The summed E-state index contributed by atoms with van der Waals surface area (Å²) in [5.74, 6) is 0.632. The largest absolute Gasteiger partial charge is 0.494 e. The van der Waals surface area contributed by atoms with Crippen LogP contribution in [-0.2, 0) is 9.59 Å². The van der Waals surface area contributed by atoms with E-state index >= 15 is 0 Å². The van der Waals surface area contributed by atoms with E-state index in [2.05, 4.69) is 5.32 Å². The van der Waals surface area contributed by atoms with Gasteiger partial charge in [0.2, 0.25) is 11.8 Å². The standard InChI is InChI=1S/C16H20N2O3S2/c1-3-13-15(20)18(16(22)23-13)10-9-14(19)17-11-5-7-12(8-6-11)21-4-2/h5-8,13H,3-4,9-10H2,1-2H3,(H,17,19). The van der Waals surface area contributed by atoms with E-state index in [-0.39, 0.29) is 23.5 Å². The Morgan fingerprint density at radius 1 is 1.35 bits per heavy atom. The summed E-state index contributed by atoms with van der Waals surface area (Å²) >= 11 is 6.61. The van der Waals surface area contributed by atoms with Gasteiger partial charge < -0.3 is 10.1 Å². The number of nitrogens with one attached hydrogen (secondary N) is 1. The lowest BCUT2D eigenvalue weighted by Gasteiger charge is -2.15. The van der Waals surface area contributed by atoms with E-state index < -0.39 is 0 Å². The average molecular weight is 352 g/mol. The number of nitrogens with zero attached hydrogens (tertiary/aromatic N) is 1. The smallest absolute Gasteiger partial charge is 0.241 e. The maximum Gasteiger partial charge on any atom is 0.241 e. The molecule has 0 aliphatic carbocycles. The summed E-state index contributed by atoms with van der Waals surface area (Å²) in [7, 11) is 0. The SMILES string of the molecule is CCOc1ccc(NC(=O)CCN2C(=O)C(CC)SC2=S)cc1. The van der Waals surface area contributed by atoms with E-state index in [0.29, 0.717) is 23.2 Å². The van der Waals surface area contributed by atoms with Crippen LogP contribution in [0.2, 0.25) is 0 Å². The predicted octanol–water partition coefficient (Wildman–Crippen LogP) is 3.05. The van der Waals surface area contributed by atoms with Crippen LogP contribution in [-0.4, -0.2) is 39.4 Å². The quantitative estimate of drug-likeness (QED) is 0.764. The minimum atomic E-state index is -0.144. The Balaban J connectivity index is 1.83. The van der Waals surface area contributed by atoms with Crippen LogP contribution in [0.15, 0.2) is 24.3 Å². The highest BCUT2D eigenvalue weighted by molar-refractivity contribution is 8.24. The zero-order chi connectivity index (χ0) is 16.8. The number of amides is 2. The lowest BCUT2D eigenvalue weighted by Crippen LogP contribution is -2.33. The van der Waals surface area contributed by atoms with Gasteiger partial charge in [0.15, 0.2) is 0 Å². The first-order valence-corrected chi connectivity index (χ1v) is 8.88. The Morgan fingerprint density at radius 2 is 2.04 bits per heavy atom. The fourth-order valence-electron chi connectivity index (χ4n) is 2.20. The van der Waals surface area contributed by atoms with Crippen LogP contribution in [0.5, 0.6) is 5.75 Å². The number of hydrogen-bond acceptors (Lipinski definition) is 5. The van der Waals surface area contributed by atoms with Crippen LogP contribution in [0.4, 0.5) is 5.69 Å². The van der Waals surface area contributed by atoms with Crippen LogP contribution >= 0.6 is 24.0 Å². The summed E-state index contributed by atoms with van der Waals surface area (Å²) in [5.41, 5.74) is 0.703. The van der Waals surface area contributed by atoms with Crippen molar-refractivity contribution in [3.63, 3.8) is 0 Å². The molecule has 1 unspecified atom stereocenters. The molecule has 1 saturated heterocycles. The van der Waals surface area contributed by atoms with E-state index in [4.69, 9.17) is 17.0 Å². The molecule has 0 aromatic heterocycles. The van der Waals surface area contributed by atoms with E-state index in [1.807, 2.05) is 13.8 Å². The molecule has 1 fully saturated rings. The van der Waals surface area contributed by atoms with Crippen molar-refractivity contribution in [3.05, 3.63) is 24.3 Å². The molecule has 2 amide bonds. The molecule has 2 rings (SSSR count). The molecule has 7 heteroatoms. The van der Waals surface area contributed by atoms with Gasteiger partial charge in [0, 0.05) is 18.7 Å². The molecule has 1 aliphatic heterocycles. The fraction of sp³-hybridized carbons (Fsp3) is 0.438. The first-order chi connectivity index (χ1) is 11.0. The number of thiocarbonyl (C=S) groups is 1. The van der Waals surface area contributed by atoms with Crippen LogP contribution in [0.3, 0.4) is 0 Å². The van der Waals surface area contributed by atoms with Crippen molar-refractivity contribution in [3.8, 4) is 5.75 Å². The van der Waals surface area contributed by atoms with Gasteiger partial charge in [-0.3, -0.25) is 14.5 Å². The summed E-state index contributed by atoms with van der Waals surface area (Å²) in [6.45, 7) is 4.80. The number of thioether (sulfide) groups is 1. The van der Waals surface area contributed by atoms with Gasteiger partial charge in [0.05, 0.1) is 11.9 Å². The summed E-state index contributed by atoms with van der Waals surface area (Å²) in [6, 6.07) is 7.19. The normalized spacial score (nSPS) is 17.5. The van der Waals surface area contributed by atoms with Crippen molar-refractivity contribution in [2.75, 3.05) is 18.5 Å². The Bertz CT molecular complexity index is 589. The molecule has 1 aromatic carbocycles. The Morgan fingerprint density at radius 3 is 2.61 bits per heavy atom. The molecule has 23 heavy (non-hydrogen) atoms. The maximum atomic E-state index is 12.1. The zero-order valence-electron chi connectivity index (χ0n) is 13.2.